The van der Waals surface area contributed by atoms with Crippen LogP contribution in [0.3, 0.4) is 0 Å². The van der Waals surface area contributed by atoms with Crippen LogP contribution in [0.25, 0.3) is 0 Å². The fourth-order valence-corrected chi connectivity index (χ4v) is 2.67. The van der Waals surface area contributed by atoms with E-state index in [2.05, 4.69) is 15.2 Å². The Bertz CT molecular complexity index is 490. The van der Waals surface area contributed by atoms with Crippen LogP contribution in [0.5, 0.6) is 0 Å². The minimum atomic E-state index is -4.37. The van der Waals surface area contributed by atoms with Gasteiger partial charge in [0.25, 0.3) is 0 Å². The average Bonchev–Trinajstić information content (AvgIpc) is 2.57. The van der Waals surface area contributed by atoms with E-state index in [1.807, 2.05) is 18.9 Å². The summed E-state index contributed by atoms with van der Waals surface area (Å²) in [6, 6.07) is 2.30. The third kappa shape index (κ3) is 3.78. The van der Waals surface area contributed by atoms with Gasteiger partial charge < -0.3 is 15.1 Å². The van der Waals surface area contributed by atoms with Gasteiger partial charge in [-0.1, -0.05) is 0 Å². The molecule has 1 aliphatic heterocycles. The van der Waals surface area contributed by atoms with Crippen LogP contribution in [0.15, 0.2) is 12.1 Å². The van der Waals surface area contributed by atoms with Gasteiger partial charge in [-0.3, -0.25) is 0 Å². The molecule has 0 amide bonds. The molecule has 1 atom stereocenters. The molecule has 0 saturated carbocycles. The first-order chi connectivity index (χ1) is 9.81. The summed E-state index contributed by atoms with van der Waals surface area (Å²) < 4.78 is 39.0. The van der Waals surface area contributed by atoms with E-state index in [1.165, 1.54) is 0 Å². The van der Waals surface area contributed by atoms with Crippen molar-refractivity contribution in [1.29, 1.82) is 0 Å². The molecule has 2 heterocycles. The molecule has 1 unspecified atom stereocenters. The van der Waals surface area contributed by atoms with Crippen LogP contribution >= 0.6 is 0 Å². The molecule has 2 rings (SSSR count). The number of anilines is 2. The zero-order valence-electron chi connectivity index (χ0n) is 12.5. The lowest BCUT2D eigenvalue weighted by Gasteiger charge is -2.30. The van der Waals surface area contributed by atoms with Gasteiger partial charge in [-0.15, -0.1) is 0 Å². The number of nitrogens with zero attached hydrogens (tertiary/aromatic N) is 3. The maximum absolute atomic E-state index is 13.0. The standard InChI is InChI=1S/C14H21F3N4/c1-10-9-20(3)5-4-6-21(10)13-8-11(14(15,16)17)7-12(18-2)19-13/h7-8,10H,4-6,9H2,1-3H3,(H,18,19). The lowest BCUT2D eigenvalue weighted by Crippen LogP contribution is -2.38. The minimum absolute atomic E-state index is 0.123. The quantitative estimate of drug-likeness (QED) is 0.910. The van der Waals surface area contributed by atoms with E-state index >= 15 is 0 Å². The molecule has 7 heteroatoms. The number of alkyl halides is 3. The Labute approximate surface area is 122 Å². The summed E-state index contributed by atoms with van der Waals surface area (Å²) in [5.41, 5.74) is -0.665. The highest BCUT2D eigenvalue weighted by Gasteiger charge is 2.33. The summed E-state index contributed by atoms with van der Waals surface area (Å²) in [7, 11) is 3.60. The Morgan fingerprint density at radius 2 is 2.00 bits per heavy atom. The average molecular weight is 302 g/mol. The molecule has 0 aromatic carbocycles. The van der Waals surface area contributed by atoms with Gasteiger partial charge in [-0.25, -0.2) is 4.98 Å². The third-order valence-corrected chi connectivity index (χ3v) is 3.74. The number of rotatable bonds is 2. The second-order valence-electron chi connectivity index (χ2n) is 5.51. The Balaban J connectivity index is 2.37. The van der Waals surface area contributed by atoms with E-state index in [9.17, 15) is 13.2 Å². The molecule has 0 radical (unpaired) electrons. The van der Waals surface area contributed by atoms with Gasteiger partial charge in [-0.2, -0.15) is 13.2 Å². The Morgan fingerprint density at radius 1 is 1.29 bits per heavy atom. The van der Waals surface area contributed by atoms with Crippen LogP contribution in [0, 0.1) is 0 Å². The highest BCUT2D eigenvalue weighted by atomic mass is 19.4. The van der Waals surface area contributed by atoms with Crippen molar-refractivity contribution in [2.45, 2.75) is 25.6 Å². The second-order valence-corrected chi connectivity index (χ2v) is 5.51. The van der Waals surface area contributed by atoms with Gasteiger partial charge in [0, 0.05) is 26.2 Å². The number of likely N-dealkylation sites (N-methyl/N-ethyl adjacent to an activating group) is 1. The predicted molar refractivity (Wildman–Crippen MR) is 77.7 cm³/mol. The zero-order chi connectivity index (χ0) is 15.6. The molecule has 1 saturated heterocycles. The highest BCUT2D eigenvalue weighted by molar-refractivity contribution is 5.51. The van der Waals surface area contributed by atoms with Crippen LogP contribution in [0.1, 0.15) is 18.9 Å². The summed E-state index contributed by atoms with van der Waals surface area (Å²) >= 11 is 0. The molecule has 118 valence electrons. The Kier molecular flexibility index (Phi) is 4.61. The van der Waals surface area contributed by atoms with Crippen molar-refractivity contribution in [3.63, 3.8) is 0 Å². The van der Waals surface area contributed by atoms with E-state index < -0.39 is 11.7 Å². The smallest absolute Gasteiger partial charge is 0.373 e. The normalized spacial score (nSPS) is 21.2. The zero-order valence-corrected chi connectivity index (χ0v) is 12.5. The van der Waals surface area contributed by atoms with Crippen LogP contribution in [-0.4, -0.2) is 49.7 Å². The minimum Gasteiger partial charge on any atom is -0.373 e. The van der Waals surface area contributed by atoms with E-state index in [-0.39, 0.29) is 11.9 Å². The molecule has 1 aromatic rings. The fourth-order valence-electron chi connectivity index (χ4n) is 2.67. The van der Waals surface area contributed by atoms with Crippen molar-refractivity contribution in [2.75, 3.05) is 43.9 Å². The molecule has 21 heavy (non-hydrogen) atoms. The van der Waals surface area contributed by atoms with Crippen molar-refractivity contribution in [3.05, 3.63) is 17.7 Å². The van der Waals surface area contributed by atoms with Gasteiger partial charge in [0.05, 0.1) is 5.56 Å². The third-order valence-electron chi connectivity index (χ3n) is 3.74. The molecule has 1 N–H and O–H groups in total. The molecule has 0 spiro atoms. The van der Waals surface area contributed by atoms with Crippen LogP contribution in [0.2, 0.25) is 0 Å². The van der Waals surface area contributed by atoms with Gasteiger partial charge in [0.15, 0.2) is 0 Å². The van der Waals surface area contributed by atoms with Crippen molar-refractivity contribution in [2.24, 2.45) is 0 Å². The first-order valence-electron chi connectivity index (χ1n) is 7.03. The summed E-state index contributed by atoms with van der Waals surface area (Å²) in [6.45, 7) is 4.48. The SMILES string of the molecule is CNc1cc(C(F)(F)F)cc(N2CCCN(C)CC2C)n1. The van der Waals surface area contributed by atoms with Crippen LogP contribution < -0.4 is 10.2 Å². The monoisotopic (exact) mass is 302 g/mol. The molecule has 1 aromatic heterocycles. The molecule has 1 aliphatic rings. The summed E-state index contributed by atoms with van der Waals surface area (Å²) in [6.07, 6.45) is -3.46. The first-order valence-corrected chi connectivity index (χ1v) is 7.03. The lowest BCUT2D eigenvalue weighted by molar-refractivity contribution is -0.137. The Morgan fingerprint density at radius 3 is 2.62 bits per heavy atom. The molecular formula is C14H21F3N4. The molecular weight excluding hydrogens is 281 g/mol. The molecule has 0 aliphatic carbocycles. The Hall–Kier alpha value is -1.50. The van der Waals surface area contributed by atoms with Crippen LogP contribution in [-0.2, 0) is 6.18 Å². The first kappa shape index (κ1) is 15.9. The van der Waals surface area contributed by atoms with Gasteiger partial charge in [-0.05, 0) is 39.1 Å². The number of aromatic nitrogens is 1. The predicted octanol–water partition coefficient (Wildman–Crippen LogP) is 2.67. The van der Waals surface area contributed by atoms with Crippen molar-refractivity contribution >= 4 is 11.6 Å². The second kappa shape index (κ2) is 6.09. The highest BCUT2D eigenvalue weighted by Crippen LogP contribution is 2.33. The molecule has 1 fully saturated rings. The van der Waals surface area contributed by atoms with E-state index in [0.29, 0.717) is 12.4 Å². The van der Waals surface area contributed by atoms with Crippen molar-refractivity contribution in [1.82, 2.24) is 9.88 Å². The van der Waals surface area contributed by atoms with Gasteiger partial charge in [0.2, 0.25) is 0 Å². The number of nitrogens with one attached hydrogen (secondary N) is 1. The van der Waals surface area contributed by atoms with E-state index in [4.69, 9.17) is 0 Å². The summed E-state index contributed by atoms with van der Waals surface area (Å²) in [4.78, 5) is 8.45. The fraction of sp³-hybridized carbons (Fsp3) is 0.643. The summed E-state index contributed by atoms with van der Waals surface area (Å²) in [5.74, 6) is 0.626. The maximum atomic E-state index is 13.0. The molecule has 4 nitrogen and oxygen atoms in total. The number of halogens is 3. The van der Waals surface area contributed by atoms with Gasteiger partial charge in [0.1, 0.15) is 11.6 Å². The lowest BCUT2D eigenvalue weighted by atomic mass is 10.2. The van der Waals surface area contributed by atoms with Crippen LogP contribution in [0.4, 0.5) is 24.8 Å². The summed E-state index contributed by atoms with van der Waals surface area (Å²) in [5, 5.41) is 2.71. The van der Waals surface area contributed by atoms with Crippen molar-refractivity contribution < 1.29 is 13.2 Å². The van der Waals surface area contributed by atoms with Crippen molar-refractivity contribution in [3.8, 4) is 0 Å². The molecule has 0 bridgehead atoms. The maximum Gasteiger partial charge on any atom is 0.416 e. The van der Waals surface area contributed by atoms with E-state index in [0.717, 1.165) is 31.6 Å². The van der Waals surface area contributed by atoms with Gasteiger partial charge >= 0.3 is 6.18 Å². The van der Waals surface area contributed by atoms with E-state index in [1.54, 1.807) is 7.05 Å². The topological polar surface area (TPSA) is 31.4 Å². The number of hydrogen-bond donors (Lipinski definition) is 1. The number of hydrogen-bond acceptors (Lipinski definition) is 4. The largest absolute Gasteiger partial charge is 0.416 e. The number of pyridine rings is 1.